The lowest BCUT2D eigenvalue weighted by atomic mass is 10.0. The summed E-state index contributed by atoms with van der Waals surface area (Å²) in [7, 11) is 0. The molecule has 3 aromatic rings. The van der Waals surface area contributed by atoms with E-state index in [0.717, 1.165) is 22.0 Å². The van der Waals surface area contributed by atoms with Gasteiger partial charge in [0.1, 0.15) is 10.8 Å². The molecule has 0 atom stereocenters. The highest BCUT2D eigenvalue weighted by molar-refractivity contribution is 6.29. The highest BCUT2D eigenvalue weighted by atomic mass is 35.5. The zero-order chi connectivity index (χ0) is 16.0. The zero-order valence-corrected chi connectivity index (χ0v) is 12.8. The van der Waals surface area contributed by atoms with E-state index in [-0.39, 0.29) is 5.91 Å². The van der Waals surface area contributed by atoms with Gasteiger partial charge in [0.15, 0.2) is 0 Å². The van der Waals surface area contributed by atoms with Crippen LogP contribution in [0.5, 0.6) is 0 Å². The third-order valence-electron chi connectivity index (χ3n) is 4.01. The summed E-state index contributed by atoms with van der Waals surface area (Å²) in [6.07, 6.45) is 1.68. The minimum Gasteiger partial charge on any atom is -0.349 e. The number of pyridine rings is 1. The van der Waals surface area contributed by atoms with Crippen molar-refractivity contribution in [3.63, 3.8) is 0 Å². The number of carbonyl (C=O) groups excluding carboxylic acids is 1. The summed E-state index contributed by atoms with van der Waals surface area (Å²) < 4.78 is 2.00. The van der Waals surface area contributed by atoms with E-state index in [1.54, 1.807) is 18.3 Å². The molecule has 1 N–H and O–H groups in total. The highest BCUT2D eigenvalue weighted by Crippen LogP contribution is 2.33. The molecule has 0 aliphatic carbocycles. The van der Waals surface area contributed by atoms with Crippen molar-refractivity contribution in [3.8, 4) is 17.2 Å². The van der Waals surface area contributed by atoms with Crippen LogP contribution in [-0.2, 0) is 6.54 Å². The van der Waals surface area contributed by atoms with E-state index in [1.807, 2.05) is 22.8 Å². The second kappa shape index (κ2) is 5.11. The number of fused-ring (bicyclic) bond motifs is 3. The average molecular weight is 323 g/mol. The summed E-state index contributed by atoms with van der Waals surface area (Å²) in [5, 5.41) is 13.4. The van der Waals surface area contributed by atoms with Crippen LogP contribution in [0.25, 0.3) is 22.0 Å². The number of amides is 1. The third kappa shape index (κ3) is 2.16. The van der Waals surface area contributed by atoms with E-state index in [1.165, 1.54) is 0 Å². The maximum atomic E-state index is 12.1. The SMILES string of the molecule is N#Cc1cc(-c2ccc(Cl)nc2)c2c(c1)cc1n2CCNC1=O. The standard InChI is InChI=1S/C17H11ClN4O/c18-15-2-1-11(9-21-15)13-6-10(8-19)5-12-7-14-17(23)20-3-4-22(14)16(12)13/h1-2,5-7,9H,3-4H2,(H,20,23). The summed E-state index contributed by atoms with van der Waals surface area (Å²) in [6, 6.07) is 11.2. The van der Waals surface area contributed by atoms with Crippen LogP contribution >= 0.6 is 11.6 Å². The average Bonchev–Trinajstić information content (AvgIpc) is 2.95. The van der Waals surface area contributed by atoms with Gasteiger partial charge in [-0.15, -0.1) is 0 Å². The largest absolute Gasteiger partial charge is 0.349 e. The van der Waals surface area contributed by atoms with Gasteiger partial charge in [0.05, 0.1) is 17.1 Å². The van der Waals surface area contributed by atoms with E-state index >= 15 is 0 Å². The number of nitrogens with zero attached hydrogens (tertiary/aromatic N) is 3. The number of halogens is 1. The molecule has 3 heterocycles. The van der Waals surface area contributed by atoms with Crippen LogP contribution < -0.4 is 5.32 Å². The van der Waals surface area contributed by atoms with Crippen LogP contribution in [0.15, 0.2) is 36.5 Å². The van der Waals surface area contributed by atoms with Gasteiger partial charge in [0.25, 0.3) is 5.91 Å². The molecular weight excluding hydrogens is 312 g/mol. The second-order valence-electron chi connectivity index (χ2n) is 5.38. The van der Waals surface area contributed by atoms with Crippen LogP contribution in [0.2, 0.25) is 5.15 Å². The number of aromatic nitrogens is 2. The molecule has 4 rings (SSSR count). The minimum absolute atomic E-state index is 0.0915. The molecule has 1 amide bonds. The molecule has 1 aliphatic heterocycles. The van der Waals surface area contributed by atoms with Crippen molar-refractivity contribution in [2.45, 2.75) is 6.54 Å². The van der Waals surface area contributed by atoms with Crippen LogP contribution in [-0.4, -0.2) is 22.0 Å². The maximum Gasteiger partial charge on any atom is 0.268 e. The van der Waals surface area contributed by atoms with Gasteiger partial charge in [0, 0.05) is 35.8 Å². The van der Waals surface area contributed by atoms with Crippen molar-refractivity contribution in [2.24, 2.45) is 0 Å². The Morgan fingerprint density at radius 1 is 1.30 bits per heavy atom. The van der Waals surface area contributed by atoms with Gasteiger partial charge < -0.3 is 9.88 Å². The van der Waals surface area contributed by atoms with E-state index in [4.69, 9.17) is 11.6 Å². The molecule has 0 saturated carbocycles. The number of hydrogen-bond acceptors (Lipinski definition) is 3. The summed E-state index contributed by atoms with van der Waals surface area (Å²) >= 11 is 5.87. The predicted molar refractivity (Wildman–Crippen MR) is 87.2 cm³/mol. The van der Waals surface area contributed by atoms with Crippen molar-refractivity contribution in [1.29, 1.82) is 5.26 Å². The number of rotatable bonds is 1. The second-order valence-corrected chi connectivity index (χ2v) is 5.77. The van der Waals surface area contributed by atoms with Crippen molar-refractivity contribution in [1.82, 2.24) is 14.9 Å². The fourth-order valence-corrected chi connectivity index (χ4v) is 3.14. The Labute approximate surface area is 137 Å². The van der Waals surface area contributed by atoms with Crippen LogP contribution in [0.3, 0.4) is 0 Å². The maximum absolute atomic E-state index is 12.1. The summed E-state index contributed by atoms with van der Waals surface area (Å²) in [4.78, 5) is 16.2. The summed E-state index contributed by atoms with van der Waals surface area (Å²) in [6.45, 7) is 1.29. The first-order valence-corrected chi connectivity index (χ1v) is 7.52. The molecule has 6 heteroatoms. The van der Waals surface area contributed by atoms with E-state index in [2.05, 4.69) is 16.4 Å². The Hall–Kier alpha value is -2.84. The normalized spacial score (nSPS) is 13.5. The molecule has 0 fully saturated rings. The first-order valence-electron chi connectivity index (χ1n) is 7.15. The van der Waals surface area contributed by atoms with E-state index < -0.39 is 0 Å². The lowest BCUT2D eigenvalue weighted by Crippen LogP contribution is -2.34. The Kier molecular flexibility index (Phi) is 3.07. The molecule has 5 nitrogen and oxygen atoms in total. The first kappa shape index (κ1) is 13.8. The van der Waals surface area contributed by atoms with E-state index in [9.17, 15) is 10.1 Å². The molecular formula is C17H11ClN4O. The molecule has 1 aromatic carbocycles. The van der Waals surface area contributed by atoms with Gasteiger partial charge in [-0.1, -0.05) is 11.6 Å². The highest BCUT2D eigenvalue weighted by Gasteiger charge is 2.22. The fraction of sp³-hybridized carbons (Fsp3) is 0.118. The van der Waals surface area contributed by atoms with Gasteiger partial charge >= 0.3 is 0 Å². The van der Waals surface area contributed by atoms with Crippen molar-refractivity contribution >= 4 is 28.4 Å². The van der Waals surface area contributed by atoms with Crippen molar-refractivity contribution < 1.29 is 4.79 Å². The quantitative estimate of drug-likeness (QED) is 0.700. The van der Waals surface area contributed by atoms with Gasteiger partial charge in [-0.3, -0.25) is 4.79 Å². The van der Waals surface area contributed by atoms with Gasteiger partial charge in [-0.25, -0.2) is 4.98 Å². The van der Waals surface area contributed by atoms with Crippen LogP contribution in [0, 0.1) is 11.3 Å². The Bertz CT molecular complexity index is 982. The minimum atomic E-state index is -0.0915. The monoisotopic (exact) mass is 322 g/mol. The van der Waals surface area contributed by atoms with Crippen LogP contribution in [0.1, 0.15) is 16.1 Å². The summed E-state index contributed by atoms with van der Waals surface area (Å²) in [5.41, 5.74) is 3.85. The first-order chi connectivity index (χ1) is 11.2. The molecule has 0 spiro atoms. The Morgan fingerprint density at radius 2 is 2.17 bits per heavy atom. The molecule has 0 radical (unpaired) electrons. The molecule has 0 unspecified atom stereocenters. The number of hydrogen-bond donors (Lipinski definition) is 1. The van der Waals surface area contributed by atoms with Crippen LogP contribution in [0.4, 0.5) is 0 Å². The topological polar surface area (TPSA) is 70.7 Å². The number of carbonyl (C=O) groups is 1. The number of nitrogens with one attached hydrogen (secondary N) is 1. The molecule has 0 saturated heterocycles. The van der Waals surface area contributed by atoms with Crippen molar-refractivity contribution in [3.05, 3.63) is 52.9 Å². The lowest BCUT2D eigenvalue weighted by Gasteiger charge is -2.18. The molecule has 0 bridgehead atoms. The third-order valence-corrected chi connectivity index (χ3v) is 4.24. The van der Waals surface area contributed by atoms with Crippen molar-refractivity contribution in [2.75, 3.05) is 6.54 Å². The van der Waals surface area contributed by atoms with E-state index in [0.29, 0.717) is 29.5 Å². The Morgan fingerprint density at radius 3 is 2.91 bits per heavy atom. The Balaban J connectivity index is 2.07. The smallest absolute Gasteiger partial charge is 0.268 e. The van der Waals surface area contributed by atoms with Gasteiger partial charge in [-0.05, 0) is 30.3 Å². The number of benzene rings is 1. The van der Waals surface area contributed by atoms with Gasteiger partial charge in [0.2, 0.25) is 0 Å². The summed E-state index contributed by atoms with van der Waals surface area (Å²) in [5.74, 6) is -0.0915. The molecule has 23 heavy (non-hydrogen) atoms. The fourth-order valence-electron chi connectivity index (χ4n) is 3.03. The molecule has 2 aromatic heterocycles. The number of nitriles is 1. The predicted octanol–water partition coefficient (Wildman–Crippen LogP) is 2.97. The zero-order valence-electron chi connectivity index (χ0n) is 12.0. The molecule has 112 valence electrons. The van der Waals surface area contributed by atoms with Gasteiger partial charge in [-0.2, -0.15) is 5.26 Å². The lowest BCUT2D eigenvalue weighted by molar-refractivity contribution is 0.0929. The molecule has 1 aliphatic rings.